The van der Waals surface area contributed by atoms with Crippen molar-refractivity contribution in [3.63, 3.8) is 0 Å². The van der Waals surface area contributed by atoms with Gasteiger partial charge >= 0.3 is 0 Å². The topological polar surface area (TPSA) is 66.8 Å². The van der Waals surface area contributed by atoms with E-state index in [1.165, 1.54) is 17.7 Å². The molecule has 6 nitrogen and oxygen atoms in total. The van der Waals surface area contributed by atoms with Crippen molar-refractivity contribution < 1.29 is 0 Å². The number of aryl methyl sites for hydroxylation is 2. The maximum Gasteiger partial charge on any atom is 0.222 e. The Balaban J connectivity index is 1.30. The number of aromatic nitrogens is 4. The van der Waals surface area contributed by atoms with Gasteiger partial charge in [-0.05, 0) is 30.9 Å². The SMILES string of the molecule is Clc1cnc(NCC2CN(c3cc4c(nn3)CCC4)C2)nc1. The molecule has 0 aromatic carbocycles. The standard InChI is InChI=1S/C15H17ClN6/c16-12-6-18-15(19-7-12)17-5-10-8-22(9-10)14-4-11-2-1-3-13(11)20-21-14/h4,6-7,10H,1-3,5,8-9H2,(H,17,18,19). The molecule has 1 aliphatic heterocycles. The van der Waals surface area contributed by atoms with E-state index < -0.39 is 0 Å². The Bertz CT molecular complexity index is 668. The second-order valence-electron chi connectivity index (χ2n) is 5.90. The fraction of sp³-hybridized carbons (Fsp3) is 0.467. The fourth-order valence-corrected chi connectivity index (χ4v) is 3.09. The minimum absolute atomic E-state index is 0.551. The molecule has 22 heavy (non-hydrogen) atoms. The summed E-state index contributed by atoms with van der Waals surface area (Å²) in [6.45, 7) is 2.85. The zero-order chi connectivity index (χ0) is 14.9. The number of hydrogen-bond acceptors (Lipinski definition) is 6. The van der Waals surface area contributed by atoms with Crippen molar-refractivity contribution >= 4 is 23.4 Å². The van der Waals surface area contributed by atoms with E-state index in [4.69, 9.17) is 11.6 Å². The molecule has 1 aliphatic carbocycles. The second-order valence-corrected chi connectivity index (χ2v) is 6.34. The molecular formula is C15H17ClN6. The molecule has 0 saturated carbocycles. The maximum atomic E-state index is 5.77. The molecule has 2 aliphatic rings. The molecule has 0 atom stereocenters. The molecule has 114 valence electrons. The van der Waals surface area contributed by atoms with E-state index >= 15 is 0 Å². The summed E-state index contributed by atoms with van der Waals surface area (Å²) < 4.78 is 0. The highest BCUT2D eigenvalue weighted by atomic mass is 35.5. The third-order valence-corrected chi connectivity index (χ3v) is 4.45. The number of nitrogens with zero attached hydrogens (tertiary/aromatic N) is 5. The third-order valence-electron chi connectivity index (χ3n) is 4.26. The normalized spacial score (nSPS) is 17.2. The summed E-state index contributed by atoms with van der Waals surface area (Å²) in [4.78, 5) is 10.5. The van der Waals surface area contributed by atoms with Crippen molar-refractivity contribution in [1.29, 1.82) is 0 Å². The van der Waals surface area contributed by atoms with Crippen LogP contribution in [-0.2, 0) is 12.8 Å². The highest BCUT2D eigenvalue weighted by Gasteiger charge is 2.28. The Hall–Kier alpha value is -1.95. The summed E-state index contributed by atoms with van der Waals surface area (Å²) in [7, 11) is 0. The number of halogens is 1. The Kier molecular flexibility index (Phi) is 3.54. The smallest absolute Gasteiger partial charge is 0.222 e. The molecule has 2 aromatic heterocycles. The van der Waals surface area contributed by atoms with E-state index in [2.05, 4.69) is 36.4 Å². The first-order valence-electron chi connectivity index (χ1n) is 7.60. The van der Waals surface area contributed by atoms with Gasteiger partial charge in [0.1, 0.15) is 0 Å². The van der Waals surface area contributed by atoms with Gasteiger partial charge in [0.2, 0.25) is 5.95 Å². The first kappa shape index (κ1) is 13.7. The molecule has 4 rings (SSSR count). The number of rotatable bonds is 4. The van der Waals surface area contributed by atoms with Gasteiger partial charge in [-0.2, -0.15) is 5.10 Å². The predicted molar refractivity (Wildman–Crippen MR) is 85.3 cm³/mol. The lowest BCUT2D eigenvalue weighted by atomic mass is 10.00. The quantitative estimate of drug-likeness (QED) is 0.930. The van der Waals surface area contributed by atoms with Crippen molar-refractivity contribution in [2.24, 2.45) is 5.92 Å². The summed E-state index contributed by atoms with van der Waals surface area (Å²) in [5.74, 6) is 2.22. The van der Waals surface area contributed by atoms with Crippen molar-refractivity contribution in [3.8, 4) is 0 Å². The first-order valence-corrected chi connectivity index (χ1v) is 7.97. The molecule has 1 fully saturated rings. The number of hydrogen-bond donors (Lipinski definition) is 1. The highest BCUT2D eigenvalue weighted by molar-refractivity contribution is 6.30. The van der Waals surface area contributed by atoms with Crippen molar-refractivity contribution in [3.05, 3.63) is 34.7 Å². The third kappa shape index (κ3) is 2.70. The van der Waals surface area contributed by atoms with E-state index in [1.807, 2.05) is 0 Å². The van der Waals surface area contributed by atoms with Crippen LogP contribution in [0, 0.1) is 5.92 Å². The predicted octanol–water partition coefficient (Wildman–Crippen LogP) is 1.96. The lowest BCUT2D eigenvalue weighted by Gasteiger charge is -2.40. The molecule has 0 bridgehead atoms. The zero-order valence-electron chi connectivity index (χ0n) is 12.2. The number of anilines is 2. The van der Waals surface area contributed by atoms with Crippen LogP contribution in [0.25, 0.3) is 0 Å². The minimum atomic E-state index is 0.551. The molecule has 0 amide bonds. The fourth-order valence-electron chi connectivity index (χ4n) is 3.00. The van der Waals surface area contributed by atoms with Crippen LogP contribution in [0.3, 0.4) is 0 Å². The van der Waals surface area contributed by atoms with Crippen LogP contribution in [0.2, 0.25) is 5.02 Å². The average molecular weight is 317 g/mol. The van der Waals surface area contributed by atoms with Crippen LogP contribution in [0.15, 0.2) is 18.5 Å². The van der Waals surface area contributed by atoms with Crippen molar-refractivity contribution in [2.45, 2.75) is 19.3 Å². The van der Waals surface area contributed by atoms with Gasteiger partial charge in [-0.25, -0.2) is 9.97 Å². The van der Waals surface area contributed by atoms with Crippen LogP contribution in [-0.4, -0.2) is 39.8 Å². The van der Waals surface area contributed by atoms with Crippen LogP contribution < -0.4 is 10.2 Å². The van der Waals surface area contributed by atoms with Crippen LogP contribution in [0.5, 0.6) is 0 Å². The van der Waals surface area contributed by atoms with E-state index in [0.717, 1.165) is 38.3 Å². The summed E-state index contributed by atoms with van der Waals surface area (Å²) in [5.41, 5.74) is 2.56. The van der Waals surface area contributed by atoms with Crippen LogP contribution in [0.4, 0.5) is 11.8 Å². The molecule has 3 heterocycles. The summed E-state index contributed by atoms with van der Waals surface area (Å²) in [5, 5.41) is 12.5. The number of nitrogens with one attached hydrogen (secondary N) is 1. The average Bonchev–Trinajstić information content (AvgIpc) is 2.95. The van der Waals surface area contributed by atoms with Gasteiger partial charge in [-0.15, -0.1) is 5.10 Å². The van der Waals surface area contributed by atoms with Gasteiger partial charge in [-0.3, -0.25) is 0 Å². The first-order chi connectivity index (χ1) is 10.8. The Morgan fingerprint density at radius 2 is 2.00 bits per heavy atom. The lowest BCUT2D eigenvalue weighted by molar-refractivity contribution is 0.424. The molecule has 1 N–H and O–H groups in total. The Morgan fingerprint density at radius 1 is 1.18 bits per heavy atom. The second kappa shape index (κ2) is 5.68. The molecule has 0 spiro atoms. The van der Waals surface area contributed by atoms with Gasteiger partial charge in [0.25, 0.3) is 0 Å². The Labute approximate surface area is 133 Å². The molecular weight excluding hydrogens is 300 g/mol. The number of fused-ring (bicyclic) bond motifs is 1. The minimum Gasteiger partial charge on any atom is -0.354 e. The molecule has 0 unspecified atom stereocenters. The van der Waals surface area contributed by atoms with E-state index in [1.54, 1.807) is 12.4 Å². The maximum absolute atomic E-state index is 5.77. The summed E-state index contributed by atoms with van der Waals surface area (Å²) in [6.07, 6.45) is 6.64. The molecule has 2 aromatic rings. The molecule has 0 radical (unpaired) electrons. The van der Waals surface area contributed by atoms with Gasteiger partial charge in [0, 0.05) is 25.6 Å². The van der Waals surface area contributed by atoms with Gasteiger partial charge in [0.05, 0.1) is 23.1 Å². The van der Waals surface area contributed by atoms with E-state index in [-0.39, 0.29) is 0 Å². The summed E-state index contributed by atoms with van der Waals surface area (Å²) >= 11 is 5.77. The van der Waals surface area contributed by atoms with E-state index in [9.17, 15) is 0 Å². The van der Waals surface area contributed by atoms with Crippen LogP contribution in [0.1, 0.15) is 17.7 Å². The van der Waals surface area contributed by atoms with Crippen molar-refractivity contribution in [1.82, 2.24) is 20.2 Å². The van der Waals surface area contributed by atoms with Crippen LogP contribution >= 0.6 is 11.6 Å². The lowest BCUT2D eigenvalue weighted by Crippen LogP contribution is -2.50. The summed E-state index contributed by atoms with van der Waals surface area (Å²) in [6, 6.07) is 2.21. The largest absolute Gasteiger partial charge is 0.354 e. The van der Waals surface area contributed by atoms with Gasteiger partial charge in [-0.1, -0.05) is 11.6 Å². The zero-order valence-corrected chi connectivity index (χ0v) is 12.9. The molecule has 1 saturated heterocycles. The molecule has 7 heteroatoms. The van der Waals surface area contributed by atoms with Gasteiger partial charge < -0.3 is 10.2 Å². The highest BCUT2D eigenvalue weighted by Crippen LogP contribution is 2.27. The van der Waals surface area contributed by atoms with E-state index in [0.29, 0.717) is 16.9 Å². The monoisotopic (exact) mass is 316 g/mol. The van der Waals surface area contributed by atoms with Gasteiger partial charge in [0.15, 0.2) is 5.82 Å². The van der Waals surface area contributed by atoms with Crippen molar-refractivity contribution in [2.75, 3.05) is 29.9 Å². The Morgan fingerprint density at radius 3 is 2.82 bits per heavy atom.